The molecule has 0 aliphatic heterocycles. The van der Waals surface area contributed by atoms with Gasteiger partial charge in [-0.2, -0.15) is 8.42 Å². The number of nitrogens with one attached hydrogen (secondary N) is 1. The molecule has 6 nitrogen and oxygen atoms in total. The summed E-state index contributed by atoms with van der Waals surface area (Å²) in [6, 6.07) is 29.0. The second kappa shape index (κ2) is 11.0. The smallest absolute Gasteiger partial charge is 0.339 e. The Kier molecular flexibility index (Phi) is 7.57. The summed E-state index contributed by atoms with van der Waals surface area (Å²) in [4.78, 5) is 0.0935. The van der Waals surface area contributed by atoms with E-state index < -0.39 is 10.1 Å². The lowest BCUT2D eigenvalue weighted by Gasteiger charge is -2.14. The van der Waals surface area contributed by atoms with Crippen molar-refractivity contribution < 1.29 is 22.1 Å². The first-order chi connectivity index (χ1) is 16.9. The molecule has 0 aliphatic carbocycles. The summed E-state index contributed by atoms with van der Waals surface area (Å²) in [5.41, 5.74) is 2.80. The van der Waals surface area contributed by atoms with Crippen LogP contribution in [0.15, 0.2) is 102 Å². The van der Waals surface area contributed by atoms with Crippen LogP contribution >= 0.6 is 0 Å². The summed E-state index contributed by atoms with van der Waals surface area (Å²) in [7, 11) is -3.97. The zero-order chi connectivity index (χ0) is 24.7. The third-order valence-corrected chi connectivity index (χ3v) is 6.40. The van der Waals surface area contributed by atoms with E-state index in [0.29, 0.717) is 18.9 Å². The molecule has 0 saturated heterocycles. The highest BCUT2D eigenvalue weighted by Crippen LogP contribution is 2.32. The summed E-state index contributed by atoms with van der Waals surface area (Å²) in [6.45, 7) is 4.62. The van der Waals surface area contributed by atoms with Gasteiger partial charge in [-0.15, -0.1) is 0 Å². The second-order valence-electron chi connectivity index (χ2n) is 7.86. The first kappa shape index (κ1) is 24.2. The molecule has 0 saturated carbocycles. The van der Waals surface area contributed by atoms with Crippen molar-refractivity contribution in [3.05, 3.63) is 108 Å². The molecule has 180 valence electrons. The standard InChI is InChI=1S/C28H27NO5S/c1-3-32-28-19-22(11-18-27(28)34-35(30,31)26-16-9-21(2)10-17-26)20-29-23-12-14-25(15-13-23)33-24-7-5-4-6-8-24/h4-19,29H,3,20H2,1-2H3. The van der Waals surface area contributed by atoms with Crippen LogP contribution in [0.1, 0.15) is 18.1 Å². The van der Waals surface area contributed by atoms with Crippen LogP contribution in [0.5, 0.6) is 23.0 Å². The fourth-order valence-electron chi connectivity index (χ4n) is 3.34. The number of ether oxygens (including phenoxy) is 2. The largest absolute Gasteiger partial charge is 0.490 e. The van der Waals surface area contributed by atoms with Crippen LogP contribution in [-0.4, -0.2) is 15.0 Å². The number of rotatable bonds is 10. The molecule has 0 unspecified atom stereocenters. The van der Waals surface area contributed by atoms with Gasteiger partial charge in [0.25, 0.3) is 0 Å². The number of aryl methyl sites for hydroxylation is 1. The molecule has 0 radical (unpaired) electrons. The van der Waals surface area contributed by atoms with E-state index in [0.717, 1.165) is 28.3 Å². The minimum atomic E-state index is -3.97. The lowest BCUT2D eigenvalue weighted by Crippen LogP contribution is -2.11. The average Bonchev–Trinajstić information content (AvgIpc) is 2.86. The van der Waals surface area contributed by atoms with E-state index in [9.17, 15) is 8.42 Å². The molecule has 4 rings (SSSR count). The van der Waals surface area contributed by atoms with Crippen LogP contribution in [0.2, 0.25) is 0 Å². The van der Waals surface area contributed by atoms with Crippen LogP contribution in [0, 0.1) is 6.92 Å². The predicted octanol–water partition coefficient (Wildman–Crippen LogP) is 6.57. The van der Waals surface area contributed by atoms with E-state index in [1.807, 2.05) is 74.5 Å². The molecule has 0 heterocycles. The van der Waals surface area contributed by atoms with Crippen molar-refractivity contribution in [2.24, 2.45) is 0 Å². The molecule has 0 amide bonds. The van der Waals surface area contributed by atoms with Crippen molar-refractivity contribution in [3.63, 3.8) is 0 Å². The monoisotopic (exact) mass is 489 g/mol. The van der Waals surface area contributed by atoms with Gasteiger partial charge in [0.15, 0.2) is 11.5 Å². The minimum absolute atomic E-state index is 0.0935. The number of benzene rings is 4. The Morgan fingerprint density at radius 3 is 2.14 bits per heavy atom. The SMILES string of the molecule is CCOc1cc(CNc2ccc(Oc3ccccc3)cc2)ccc1OS(=O)(=O)c1ccc(C)cc1. The number of para-hydroxylation sites is 1. The maximum absolute atomic E-state index is 12.7. The van der Waals surface area contributed by atoms with Gasteiger partial charge < -0.3 is 19.0 Å². The van der Waals surface area contributed by atoms with Crippen molar-refractivity contribution in [3.8, 4) is 23.0 Å². The van der Waals surface area contributed by atoms with E-state index >= 15 is 0 Å². The zero-order valence-electron chi connectivity index (χ0n) is 19.6. The third kappa shape index (κ3) is 6.55. The van der Waals surface area contributed by atoms with Crippen molar-refractivity contribution >= 4 is 15.8 Å². The van der Waals surface area contributed by atoms with E-state index in [-0.39, 0.29) is 10.6 Å². The predicted molar refractivity (Wildman–Crippen MR) is 137 cm³/mol. The molecular weight excluding hydrogens is 462 g/mol. The Labute approximate surface area is 206 Å². The van der Waals surface area contributed by atoms with Gasteiger partial charge in [0, 0.05) is 12.2 Å². The van der Waals surface area contributed by atoms with Gasteiger partial charge in [0.2, 0.25) is 0 Å². The van der Waals surface area contributed by atoms with Crippen molar-refractivity contribution in [2.75, 3.05) is 11.9 Å². The van der Waals surface area contributed by atoms with Crippen LogP contribution in [0.25, 0.3) is 0 Å². The summed E-state index contributed by atoms with van der Waals surface area (Å²) < 4.78 is 42.3. The van der Waals surface area contributed by atoms with Gasteiger partial charge >= 0.3 is 10.1 Å². The molecular formula is C28H27NO5S. The van der Waals surface area contributed by atoms with E-state index in [2.05, 4.69) is 5.32 Å². The average molecular weight is 490 g/mol. The molecule has 35 heavy (non-hydrogen) atoms. The van der Waals surface area contributed by atoms with Gasteiger partial charge in [-0.05, 0) is 80.1 Å². The molecule has 0 fully saturated rings. The highest BCUT2D eigenvalue weighted by molar-refractivity contribution is 7.87. The lowest BCUT2D eigenvalue weighted by molar-refractivity contribution is 0.327. The Morgan fingerprint density at radius 1 is 0.771 bits per heavy atom. The summed E-state index contributed by atoms with van der Waals surface area (Å²) in [5.74, 6) is 2.05. The fraction of sp³-hybridized carbons (Fsp3) is 0.143. The van der Waals surface area contributed by atoms with Crippen molar-refractivity contribution in [1.82, 2.24) is 0 Å². The molecule has 0 atom stereocenters. The highest BCUT2D eigenvalue weighted by atomic mass is 32.2. The van der Waals surface area contributed by atoms with Crippen LogP contribution < -0.4 is 19.0 Å². The second-order valence-corrected chi connectivity index (χ2v) is 9.40. The molecule has 0 spiro atoms. The van der Waals surface area contributed by atoms with E-state index in [4.69, 9.17) is 13.7 Å². The first-order valence-electron chi connectivity index (χ1n) is 11.3. The molecule has 7 heteroatoms. The zero-order valence-corrected chi connectivity index (χ0v) is 20.4. The van der Waals surface area contributed by atoms with Crippen LogP contribution in [0.3, 0.4) is 0 Å². The number of hydrogen-bond donors (Lipinski definition) is 1. The molecule has 4 aromatic rings. The van der Waals surface area contributed by atoms with E-state index in [1.54, 1.807) is 24.3 Å². The summed E-state index contributed by atoms with van der Waals surface area (Å²) in [5, 5.41) is 3.35. The summed E-state index contributed by atoms with van der Waals surface area (Å²) in [6.07, 6.45) is 0. The molecule has 0 aromatic heterocycles. The Hall–Kier alpha value is -3.97. The first-order valence-corrected chi connectivity index (χ1v) is 12.7. The number of hydrogen-bond acceptors (Lipinski definition) is 6. The minimum Gasteiger partial charge on any atom is -0.490 e. The Balaban J connectivity index is 1.42. The van der Waals surface area contributed by atoms with Gasteiger partial charge in [-0.3, -0.25) is 0 Å². The quantitative estimate of drug-likeness (QED) is 0.254. The van der Waals surface area contributed by atoms with E-state index in [1.165, 1.54) is 12.1 Å². The Morgan fingerprint density at radius 2 is 1.46 bits per heavy atom. The molecule has 0 bridgehead atoms. The lowest BCUT2D eigenvalue weighted by atomic mass is 10.2. The normalized spacial score (nSPS) is 11.0. The number of anilines is 1. The van der Waals surface area contributed by atoms with Gasteiger partial charge in [0.05, 0.1) is 6.61 Å². The summed E-state index contributed by atoms with van der Waals surface area (Å²) >= 11 is 0. The van der Waals surface area contributed by atoms with Gasteiger partial charge in [0.1, 0.15) is 16.4 Å². The van der Waals surface area contributed by atoms with Gasteiger partial charge in [-0.1, -0.05) is 42.0 Å². The topological polar surface area (TPSA) is 73.9 Å². The maximum atomic E-state index is 12.7. The maximum Gasteiger partial charge on any atom is 0.339 e. The van der Waals surface area contributed by atoms with Crippen molar-refractivity contribution in [1.29, 1.82) is 0 Å². The highest BCUT2D eigenvalue weighted by Gasteiger charge is 2.19. The fourth-order valence-corrected chi connectivity index (χ4v) is 4.28. The molecule has 1 N–H and O–H groups in total. The molecule has 0 aliphatic rings. The van der Waals surface area contributed by atoms with Crippen LogP contribution in [0.4, 0.5) is 5.69 Å². The molecule has 4 aromatic carbocycles. The third-order valence-electron chi connectivity index (χ3n) is 5.15. The van der Waals surface area contributed by atoms with Crippen molar-refractivity contribution in [2.45, 2.75) is 25.3 Å². The Bertz CT molecular complexity index is 1350. The van der Waals surface area contributed by atoms with Crippen LogP contribution in [-0.2, 0) is 16.7 Å². The van der Waals surface area contributed by atoms with Gasteiger partial charge in [-0.25, -0.2) is 0 Å².